The van der Waals surface area contributed by atoms with Crippen LogP contribution in [0, 0.1) is 11.6 Å². The van der Waals surface area contributed by atoms with Gasteiger partial charge in [-0.1, -0.05) is 29.0 Å². The van der Waals surface area contributed by atoms with Gasteiger partial charge in [0.1, 0.15) is 22.7 Å². The van der Waals surface area contributed by atoms with Crippen molar-refractivity contribution in [2.45, 2.75) is 0 Å². The monoisotopic (exact) mass is 391 g/mol. The molecular formula is C17H8ClF2N3O2S. The average Bonchev–Trinajstić information content (AvgIpc) is 3.22. The van der Waals surface area contributed by atoms with Gasteiger partial charge in [0.25, 0.3) is 5.91 Å². The highest BCUT2D eigenvalue weighted by Crippen LogP contribution is 2.36. The smallest absolute Gasteiger partial charge is 0.263 e. The predicted octanol–water partition coefficient (Wildman–Crippen LogP) is 5.14. The molecule has 2 heterocycles. The van der Waals surface area contributed by atoms with E-state index >= 15 is 0 Å². The quantitative estimate of drug-likeness (QED) is 0.525. The number of hydrogen-bond donors (Lipinski definition) is 1. The molecule has 0 aliphatic rings. The van der Waals surface area contributed by atoms with E-state index in [1.165, 1.54) is 18.7 Å². The molecule has 0 aliphatic carbocycles. The van der Waals surface area contributed by atoms with E-state index in [0.717, 1.165) is 23.5 Å². The molecule has 2 aromatic carbocycles. The number of anilines is 1. The highest BCUT2D eigenvalue weighted by Gasteiger charge is 2.19. The number of hydrogen-bond acceptors (Lipinski definition) is 5. The molecule has 0 radical (unpaired) electrons. The summed E-state index contributed by atoms with van der Waals surface area (Å²) in [5, 5.41) is 3.01. The first-order valence-electron chi connectivity index (χ1n) is 7.27. The summed E-state index contributed by atoms with van der Waals surface area (Å²) in [6, 6.07) is 6.57. The van der Waals surface area contributed by atoms with Crippen molar-refractivity contribution < 1.29 is 18.0 Å². The largest absolute Gasteiger partial charge is 0.443 e. The summed E-state index contributed by atoms with van der Waals surface area (Å²) in [6.07, 6.45) is 2.81. The SMILES string of the molecule is O=C(Nc1ncc(-c2cc3ocnc3cc2Cl)s1)c1c(F)cccc1F. The molecule has 1 amide bonds. The first kappa shape index (κ1) is 16.6. The van der Waals surface area contributed by atoms with Gasteiger partial charge in [-0.2, -0.15) is 0 Å². The summed E-state index contributed by atoms with van der Waals surface area (Å²) in [5.74, 6) is -2.81. The maximum absolute atomic E-state index is 13.7. The fourth-order valence-corrected chi connectivity index (χ4v) is 3.56. The predicted molar refractivity (Wildman–Crippen MR) is 94.4 cm³/mol. The number of carbonyl (C=O) groups is 1. The third-order valence-corrected chi connectivity index (χ3v) is 4.86. The minimum absolute atomic E-state index is 0.182. The van der Waals surface area contributed by atoms with Crippen LogP contribution in [0.25, 0.3) is 21.5 Å². The summed E-state index contributed by atoms with van der Waals surface area (Å²) >= 11 is 7.37. The number of amides is 1. The van der Waals surface area contributed by atoms with Crippen molar-refractivity contribution in [3.63, 3.8) is 0 Å². The van der Waals surface area contributed by atoms with Crippen molar-refractivity contribution >= 4 is 45.1 Å². The second-order valence-corrected chi connectivity index (χ2v) is 6.67. The first-order valence-corrected chi connectivity index (χ1v) is 8.46. The van der Waals surface area contributed by atoms with Gasteiger partial charge >= 0.3 is 0 Å². The summed E-state index contributed by atoms with van der Waals surface area (Å²) in [5.41, 5.74) is 1.15. The molecule has 9 heteroatoms. The van der Waals surface area contributed by atoms with Crippen LogP contribution in [0.3, 0.4) is 0 Å². The average molecular weight is 392 g/mol. The van der Waals surface area contributed by atoms with Gasteiger partial charge in [0.05, 0.1) is 9.90 Å². The van der Waals surface area contributed by atoms with Crippen LogP contribution in [0.5, 0.6) is 0 Å². The number of nitrogens with zero attached hydrogens (tertiary/aromatic N) is 2. The normalized spacial score (nSPS) is 11.0. The van der Waals surface area contributed by atoms with Gasteiger partial charge in [0, 0.05) is 11.8 Å². The molecule has 4 aromatic rings. The molecule has 0 fully saturated rings. The molecule has 0 saturated heterocycles. The van der Waals surface area contributed by atoms with Crippen LogP contribution < -0.4 is 5.32 Å². The highest BCUT2D eigenvalue weighted by molar-refractivity contribution is 7.19. The van der Waals surface area contributed by atoms with Gasteiger partial charge in [-0.15, -0.1) is 0 Å². The Morgan fingerprint density at radius 1 is 1.19 bits per heavy atom. The van der Waals surface area contributed by atoms with Crippen LogP contribution >= 0.6 is 22.9 Å². The molecule has 4 rings (SSSR count). The molecule has 0 bridgehead atoms. The van der Waals surface area contributed by atoms with Gasteiger partial charge in [0.15, 0.2) is 17.1 Å². The Morgan fingerprint density at radius 2 is 1.96 bits per heavy atom. The third-order valence-electron chi connectivity index (χ3n) is 3.60. The second-order valence-electron chi connectivity index (χ2n) is 5.23. The molecule has 26 heavy (non-hydrogen) atoms. The fourth-order valence-electron chi connectivity index (χ4n) is 2.40. The topological polar surface area (TPSA) is 68.0 Å². The van der Waals surface area contributed by atoms with Crippen molar-refractivity contribution in [2.24, 2.45) is 0 Å². The van der Waals surface area contributed by atoms with Crippen LogP contribution in [0.15, 0.2) is 47.3 Å². The van der Waals surface area contributed by atoms with Crippen LogP contribution in [0.4, 0.5) is 13.9 Å². The molecule has 5 nitrogen and oxygen atoms in total. The number of nitrogens with one attached hydrogen (secondary N) is 1. The molecule has 0 aliphatic heterocycles. The minimum atomic E-state index is -0.946. The van der Waals surface area contributed by atoms with Gasteiger partial charge in [-0.3, -0.25) is 10.1 Å². The molecule has 1 N–H and O–H groups in total. The van der Waals surface area contributed by atoms with E-state index < -0.39 is 23.1 Å². The Hall–Kier alpha value is -2.84. The number of thiazole rings is 1. The Bertz CT molecular complexity index is 1120. The van der Waals surface area contributed by atoms with Crippen molar-refractivity contribution in [2.75, 3.05) is 5.32 Å². The molecule has 0 saturated carbocycles. The number of oxazole rings is 1. The Morgan fingerprint density at radius 3 is 2.73 bits per heavy atom. The lowest BCUT2D eigenvalue weighted by atomic mass is 10.2. The van der Waals surface area contributed by atoms with E-state index in [2.05, 4.69) is 15.3 Å². The third kappa shape index (κ3) is 2.93. The van der Waals surface area contributed by atoms with Crippen molar-refractivity contribution in [3.8, 4) is 10.4 Å². The van der Waals surface area contributed by atoms with Crippen molar-refractivity contribution in [3.05, 3.63) is 65.1 Å². The number of rotatable bonds is 3. The zero-order valence-corrected chi connectivity index (χ0v) is 14.4. The molecule has 0 unspecified atom stereocenters. The number of halogens is 3. The lowest BCUT2D eigenvalue weighted by molar-refractivity contribution is 0.101. The van der Waals surface area contributed by atoms with Crippen LogP contribution in [-0.2, 0) is 0 Å². The molecule has 2 aromatic heterocycles. The minimum Gasteiger partial charge on any atom is -0.443 e. The number of carbonyl (C=O) groups excluding carboxylic acids is 1. The summed E-state index contributed by atoms with van der Waals surface area (Å²) < 4.78 is 32.6. The van der Waals surface area contributed by atoms with Gasteiger partial charge in [-0.25, -0.2) is 18.7 Å². The fraction of sp³-hybridized carbons (Fsp3) is 0. The molecule has 130 valence electrons. The summed E-state index contributed by atoms with van der Waals surface area (Å²) in [4.78, 5) is 20.9. The maximum Gasteiger partial charge on any atom is 0.263 e. The van der Waals surface area contributed by atoms with Crippen molar-refractivity contribution in [1.29, 1.82) is 0 Å². The summed E-state index contributed by atoms with van der Waals surface area (Å²) in [6.45, 7) is 0. The molecular weight excluding hydrogens is 384 g/mol. The number of benzene rings is 2. The van der Waals surface area contributed by atoms with E-state index in [1.807, 2.05) is 0 Å². The number of aromatic nitrogens is 2. The van der Waals surface area contributed by atoms with E-state index in [0.29, 0.717) is 26.6 Å². The van der Waals surface area contributed by atoms with Gasteiger partial charge < -0.3 is 4.42 Å². The van der Waals surface area contributed by atoms with E-state index in [1.54, 1.807) is 12.1 Å². The lowest BCUT2D eigenvalue weighted by Gasteiger charge is -2.04. The lowest BCUT2D eigenvalue weighted by Crippen LogP contribution is -2.15. The van der Waals surface area contributed by atoms with E-state index in [9.17, 15) is 13.6 Å². The Kier molecular flexibility index (Phi) is 4.14. The second kappa shape index (κ2) is 6.47. The standard InChI is InChI=1S/C17H8ClF2N3O2S/c18-9-5-12-13(25-7-22-12)4-8(9)14-6-21-17(26-14)23-16(24)15-10(19)2-1-3-11(15)20/h1-7H,(H,21,23,24). The van der Waals surface area contributed by atoms with Gasteiger partial charge in [0.2, 0.25) is 0 Å². The van der Waals surface area contributed by atoms with E-state index in [4.69, 9.17) is 16.0 Å². The van der Waals surface area contributed by atoms with Crippen LogP contribution in [-0.4, -0.2) is 15.9 Å². The van der Waals surface area contributed by atoms with Crippen LogP contribution in [0.2, 0.25) is 5.02 Å². The first-order chi connectivity index (χ1) is 12.5. The zero-order chi connectivity index (χ0) is 18.3. The Labute approximate surface area is 154 Å². The van der Waals surface area contributed by atoms with Gasteiger partial charge in [-0.05, 0) is 24.3 Å². The molecule has 0 atom stereocenters. The van der Waals surface area contributed by atoms with Crippen LogP contribution in [0.1, 0.15) is 10.4 Å². The zero-order valence-electron chi connectivity index (χ0n) is 12.8. The highest BCUT2D eigenvalue weighted by atomic mass is 35.5. The Balaban J connectivity index is 1.63. The molecule has 0 spiro atoms. The maximum atomic E-state index is 13.7. The summed E-state index contributed by atoms with van der Waals surface area (Å²) in [7, 11) is 0. The number of fused-ring (bicyclic) bond motifs is 1. The van der Waals surface area contributed by atoms with E-state index in [-0.39, 0.29) is 5.13 Å². The van der Waals surface area contributed by atoms with Crippen molar-refractivity contribution in [1.82, 2.24) is 9.97 Å².